The Kier molecular flexibility index (Phi) is 5.62. The number of hydrogen-bond donors (Lipinski definition) is 1. The van der Waals surface area contributed by atoms with Gasteiger partial charge in [-0.25, -0.2) is 0 Å². The molecule has 1 aromatic carbocycles. The molecule has 2 heteroatoms. The number of piperazine rings is 1. The maximum absolute atomic E-state index is 3.73. The van der Waals surface area contributed by atoms with Crippen LogP contribution in [0.3, 0.4) is 0 Å². The van der Waals surface area contributed by atoms with Gasteiger partial charge < -0.3 is 5.32 Å². The van der Waals surface area contributed by atoms with E-state index in [9.17, 15) is 0 Å². The molecular weight excluding hydrogens is 244 g/mol. The second-order valence-corrected chi connectivity index (χ2v) is 6.19. The fourth-order valence-corrected chi connectivity index (χ4v) is 3.52. The van der Waals surface area contributed by atoms with Gasteiger partial charge in [-0.1, -0.05) is 44.5 Å². The first-order chi connectivity index (χ1) is 9.67. The van der Waals surface area contributed by atoms with Crippen molar-refractivity contribution in [1.29, 1.82) is 0 Å². The number of nitrogens with zero attached hydrogens (tertiary/aromatic N) is 1. The van der Waals surface area contributed by atoms with Crippen LogP contribution in [-0.2, 0) is 0 Å². The molecule has 0 saturated carbocycles. The molecule has 1 heterocycles. The van der Waals surface area contributed by atoms with Crippen LogP contribution in [-0.4, -0.2) is 30.1 Å². The minimum atomic E-state index is 0.516. The smallest absolute Gasteiger partial charge is 0.0326 e. The van der Waals surface area contributed by atoms with E-state index in [0.717, 1.165) is 6.54 Å². The summed E-state index contributed by atoms with van der Waals surface area (Å²) >= 11 is 0. The molecule has 0 aromatic heterocycles. The van der Waals surface area contributed by atoms with E-state index < -0.39 is 0 Å². The van der Waals surface area contributed by atoms with Crippen molar-refractivity contribution in [2.75, 3.05) is 13.1 Å². The Hall–Kier alpha value is -0.860. The molecule has 1 saturated heterocycles. The quantitative estimate of drug-likeness (QED) is 0.876. The topological polar surface area (TPSA) is 15.3 Å². The summed E-state index contributed by atoms with van der Waals surface area (Å²) in [5.41, 5.74) is 2.91. The Morgan fingerprint density at radius 3 is 2.70 bits per heavy atom. The second-order valence-electron chi connectivity index (χ2n) is 6.19. The summed E-state index contributed by atoms with van der Waals surface area (Å²) in [6.45, 7) is 11.5. The van der Waals surface area contributed by atoms with E-state index in [1.165, 1.54) is 36.9 Å². The van der Waals surface area contributed by atoms with Gasteiger partial charge in [-0.15, -0.1) is 0 Å². The molecule has 1 N–H and O–H groups in total. The minimum Gasteiger partial charge on any atom is -0.311 e. The molecule has 2 nitrogen and oxygen atoms in total. The Labute approximate surface area is 124 Å². The van der Waals surface area contributed by atoms with E-state index >= 15 is 0 Å². The van der Waals surface area contributed by atoms with Crippen molar-refractivity contribution < 1.29 is 0 Å². The lowest BCUT2D eigenvalue weighted by Crippen LogP contribution is -2.56. The highest BCUT2D eigenvalue weighted by molar-refractivity contribution is 5.28. The number of rotatable bonds is 5. The van der Waals surface area contributed by atoms with Crippen molar-refractivity contribution in [3.05, 3.63) is 35.4 Å². The number of benzene rings is 1. The van der Waals surface area contributed by atoms with E-state index in [1.54, 1.807) is 0 Å². The summed E-state index contributed by atoms with van der Waals surface area (Å²) in [5.74, 6) is 0. The number of aryl methyl sites for hydroxylation is 1. The van der Waals surface area contributed by atoms with Gasteiger partial charge in [0.25, 0.3) is 0 Å². The standard InChI is InChI=1S/C18H30N2/c1-5-9-16-13-20(17(6-2)12-19-16)15(4)18-11-8-7-10-14(18)3/h7-8,10-11,15-17,19H,5-6,9,12-13H2,1-4H3. The van der Waals surface area contributed by atoms with Gasteiger partial charge in [0, 0.05) is 31.2 Å². The van der Waals surface area contributed by atoms with Gasteiger partial charge in [0.2, 0.25) is 0 Å². The number of nitrogens with one attached hydrogen (secondary N) is 1. The highest BCUT2D eigenvalue weighted by Gasteiger charge is 2.30. The molecule has 0 bridgehead atoms. The van der Waals surface area contributed by atoms with Gasteiger partial charge in [0.15, 0.2) is 0 Å². The first-order valence-corrected chi connectivity index (χ1v) is 8.22. The van der Waals surface area contributed by atoms with Crippen LogP contribution in [0.15, 0.2) is 24.3 Å². The number of hydrogen-bond acceptors (Lipinski definition) is 2. The molecule has 20 heavy (non-hydrogen) atoms. The minimum absolute atomic E-state index is 0.516. The fraction of sp³-hybridized carbons (Fsp3) is 0.667. The summed E-state index contributed by atoms with van der Waals surface area (Å²) in [5, 5.41) is 3.73. The van der Waals surface area contributed by atoms with Crippen LogP contribution in [0.25, 0.3) is 0 Å². The summed E-state index contributed by atoms with van der Waals surface area (Å²) in [6.07, 6.45) is 3.77. The van der Waals surface area contributed by atoms with E-state index in [1.807, 2.05) is 0 Å². The molecule has 0 radical (unpaired) electrons. The molecule has 0 spiro atoms. The fourth-order valence-electron chi connectivity index (χ4n) is 3.52. The molecule has 1 fully saturated rings. The van der Waals surface area contributed by atoms with Crippen LogP contribution in [0.4, 0.5) is 0 Å². The van der Waals surface area contributed by atoms with Gasteiger partial charge in [0.1, 0.15) is 0 Å². The first kappa shape index (κ1) is 15.5. The van der Waals surface area contributed by atoms with Crippen molar-refractivity contribution >= 4 is 0 Å². The van der Waals surface area contributed by atoms with Gasteiger partial charge in [-0.2, -0.15) is 0 Å². The largest absolute Gasteiger partial charge is 0.311 e. The average molecular weight is 274 g/mol. The molecule has 112 valence electrons. The predicted octanol–water partition coefficient (Wildman–Crippen LogP) is 3.91. The predicted molar refractivity (Wildman–Crippen MR) is 87.1 cm³/mol. The van der Waals surface area contributed by atoms with Crippen molar-refractivity contribution in [1.82, 2.24) is 10.2 Å². The zero-order chi connectivity index (χ0) is 14.5. The van der Waals surface area contributed by atoms with Crippen LogP contribution >= 0.6 is 0 Å². The first-order valence-electron chi connectivity index (χ1n) is 8.22. The van der Waals surface area contributed by atoms with Crippen LogP contribution < -0.4 is 5.32 Å². The van der Waals surface area contributed by atoms with E-state index in [0.29, 0.717) is 18.1 Å². The molecular formula is C18H30N2. The Balaban J connectivity index is 2.16. The van der Waals surface area contributed by atoms with E-state index in [4.69, 9.17) is 0 Å². The molecule has 1 aromatic rings. The van der Waals surface area contributed by atoms with Gasteiger partial charge in [-0.3, -0.25) is 4.90 Å². The summed E-state index contributed by atoms with van der Waals surface area (Å²) in [6, 6.07) is 10.7. The van der Waals surface area contributed by atoms with Crippen LogP contribution in [0, 0.1) is 6.92 Å². The molecule has 3 unspecified atom stereocenters. The Morgan fingerprint density at radius 1 is 1.30 bits per heavy atom. The third-order valence-corrected chi connectivity index (χ3v) is 4.79. The summed E-state index contributed by atoms with van der Waals surface area (Å²) < 4.78 is 0. The maximum atomic E-state index is 3.73. The van der Waals surface area contributed by atoms with E-state index in [2.05, 4.69) is 62.2 Å². The monoisotopic (exact) mass is 274 g/mol. The molecule has 1 aliphatic rings. The molecule has 0 amide bonds. The lowest BCUT2D eigenvalue weighted by molar-refractivity contribution is 0.0833. The van der Waals surface area contributed by atoms with E-state index in [-0.39, 0.29) is 0 Å². The van der Waals surface area contributed by atoms with Gasteiger partial charge >= 0.3 is 0 Å². The zero-order valence-electron chi connectivity index (χ0n) is 13.5. The lowest BCUT2D eigenvalue weighted by Gasteiger charge is -2.44. The highest BCUT2D eigenvalue weighted by atomic mass is 15.3. The Morgan fingerprint density at radius 2 is 2.05 bits per heavy atom. The van der Waals surface area contributed by atoms with Crippen molar-refractivity contribution in [2.24, 2.45) is 0 Å². The van der Waals surface area contributed by atoms with Crippen LogP contribution in [0.1, 0.15) is 57.2 Å². The average Bonchev–Trinajstić information content (AvgIpc) is 2.47. The second kappa shape index (κ2) is 7.24. The summed E-state index contributed by atoms with van der Waals surface area (Å²) in [7, 11) is 0. The third kappa shape index (κ3) is 3.42. The Bertz CT molecular complexity index is 416. The van der Waals surface area contributed by atoms with Crippen molar-refractivity contribution in [3.63, 3.8) is 0 Å². The lowest BCUT2D eigenvalue weighted by atomic mass is 9.96. The zero-order valence-corrected chi connectivity index (χ0v) is 13.5. The SMILES string of the molecule is CCCC1CN(C(C)c2ccccc2C)C(CC)CN1. The normalized spacial score (nSPS) is 25.6. The third-order valence-electron chi connectivity index (χ3n) is 4.79. The van der Waals surface area contributed by atoms with Gasteiger partial charge in [0.05, 0.1) is 0 Å². The van der Waals surface area contributed by atoms with Crippen molar-refractivity contribution in [2.45, 2.75) is 65.1 Å². The van der Waals surface area contributed by atoms with Crippen molar-refractivity contribution in [3.8, 4) is 0 Å². The molecule has 2 rings (SSSR count). The van der Waals surface area contributed by atoms with Crippen LogP contribution in [0.5, 0.6) is 0 Å². The van der Waals surface area contributed by atoms with Crippen LogP contribution in [0.2, 0.25) is 0 Å². The highest BCUT2D eigenvalue weighted by Crippen LogP contribution is 2.28. The molecule has 1 aliphatic heterocycles. The molecule has 3 atom stereocenters. The van der Waals surface area contributed by atoms with Gasteiger partial charge in [-0.05, 0) is 37.8 Å². The maximum Gasteiger partial charge on any atom is 0.0326 e. The molecule has 0 aliphatic carbocycles. The summed E-state index contributed by atoms with van der Waals surface area (Å²) in [4.78, 5) is 2.72.